The summed E-state index contributed by atoms with van der Waals surface area (Å²) in [6.45, 7) is 4.88. The second-order valence-corrected chi connectivity index (χ2v) is 6.36. The first-order chi connectivity index (χ1) is 11.5. The number of nitrogens with zero attached hydrogens (tertiary/aromatic N) is 1. The number of hydrogen-bond acceptors (Lipinski definition) is 5. The maximum absolute atomic E-state index is 12.4. The van der Waals surface area contributed by atoms with Crippen LogP contribution in [-0.4, -0.2) is 37.1 Å². The molecule has 0 aliphatic heterocycles. The largest absolute Gasteiger partial charge is 0.383 e. The first-order valence-electron chi connectivity index (χ1n) is 7.65. The number of hydrogen-bond donors (Lipinski definition) is 2. The fourth-order valence-corrected chi connectivity index (χ4v) is 2.97. The highest BCUT2D eigenvalue weighted by atomic mass is 32.1. The van der Waals surface area contributed by atoms with Crippen LogP contribution in [0.5, 0.6) is 0 Å². The topological polar surface area (TPSA) is 80.3 Å². The normalized spacial score (nSPS) is 10.7. The summed E-state index contributed by atoms with van der Waals surface area (Å²) in [5.74, 6) is -0.239. The van der Waals surface area contributed by atoms with E-state index in [9.17, 15) is 9.59 Å². The molecule has 2 rings (SSSR count). The highest BCUT2D eigenvalue weighted by molar-refractivity contribution is 7.12. The third-order valence-electron chi connectivity index (χ3n) is 3.32. The Morgan fingerprint density at radius 1 is 1.29 bits per heavy atom. The summed E-state index contributed by atoms with van der Waals surface area (Å²) in [5, 5.41) is 5.58. The summed E-state index contributed by atoms with van der Waals surface area (Å²) >= 11 is 1.31. The number of aromatic nitrogens is 1. The molecule has 6 nitrogen and oxygen atoms in total. The van der Waals surface area contributed by atoms with Gasteiger partial charge in [0.05, 0.1) is 17.8 Å². The Morgan fingerprint density at radius 2 is 2.08 bits per heavy atom. The van der Waals surface area contributed by atoms with E-state index in [2.05, 4.69) is 15.6 Å². The Morgan fingerprint density at radius 3 is 2.79 bits per heavy atom. The molecule has 0 spiro atoms. The van der Waals surface area contributed by atoms with Crippen LogP contribution >= 0.6 is 11.3 Å². The zero-order valence-corrected chi connectivity index (χ0v) is 14.8. The maximum Gasteiger partial charge on any atom is 0.267 e. The summed E-state index contributed by atoms with van der Waals surface area (Å²) in [4.78, 5) is 29.3. The van der Waals surface area contributed by atoms with Crippen molar-refractivity contribution in [1.29, 1.82) is 0 Å². The molecule has 24 heavy (non-hydrogen) atoms. The van der Waals surface area contributed by atoms with E-state index < -0.39 is 0 Å². The van der Waals surface area contributed by atoms with E-state index in [0.717, 1.165) is 5.69 Å². The van der Waals surface area contributed by atoms with Gasteiger partial charge in [0.15, 0.2) is 0 Å². The number of carbonyl (C=O) groups excluding carboxylic acids is 2. The number of nitrogens with one attached hydrogen (secondary N) is 2. The van der Waals surface area contributed by atoms with E-state index in [4.69, 9.17) is 4.74 Å². The molecule has 0 radical (unpaired) electrons. The van der Waals surface area contributed by atoms with Crippen LogP contribution in [0.4, 0.5) is 5.69 Å². The molecular formula is C17H21N3O3S. The molecule has 1 aromatic carbocycles. The summed E-state index contributed by atoms with van der Waals surface area (Å²) in [6.07, 6.45) is 0. The molecule has 0 aliphatic carbocycles. The quantitative estimate of drug-likeness (QED) is 0.755. The number of thiazole rings is 1. The van der Waals surface area contributed by atoms with E-state index in [1.54, 1.807) is 36.9 Å². The second kappa shape index (κ2) is 8.56. The summed E-state index contributed by atoms with van der Waals surface area (Å²) in [5.41, 5.74) is 3.51. The van der Waals surface area contributed by atoms with Crippen molar-refractivity contribution in [2.75, 3.05) is 25.6 Å². The standard InChI is InChI=1S/C17H21N3O3S/c1-11(2)14-15(24-10-19-14)17(22)20-13-6-4-5-12(9-13)16(21)18-7-8-23-3/h4-6,9-11H,7-8H2,1-3H3,(H,18,21)(H,20,22). The van der Waals surface area contributed by atoms with Crippen LogP contribution in [-0.2, 0) is 4.74 Å². The highest BCUT2D eigenvalue weighted by Crippen LogP contribution is 2.23. The van der Waals surface area contributed by atoms with Crippen LogP contribution in [0.3, 0.4) is 0 Å². The summed E-state index contributed by atoms with van der Waals surface area (Å²) < 4.78 is 4.90. The van der Waals surface area contributed by atoms with E-state index in [1.807, 2.05) is 13.8 Å². The molecule has 0 saturated heterocycles. The Kier molecular flexibility index (Phi) is 6.45. The fourth-order valence-electron chi connectivity index (χ4n) is 2.13. The highest BCUT2D eigenvalue weighted by Gasteiger charge is 2.17. The van der Waals surface area contributed by atoms with Gasteiger partial charge in [0.1, 0.15) is 4.88 Å². The van der Waals surface area contributed by atoms with Gasteiger partial charge in [0, 0.05) is 24.9 Å². The van der Waals surface area contributed by atoms with Crippen molar-refractivity contribution < 1.29 is 14.3 Å². The number of benzene rings is 1. The number of anilines is 1. The average molecular weight is 347 g/mol. The van der Waals surface area contributed by atoms with Crippen LogP contribution in [0, 0.1) is 0 Å². The van der Waals surface area contributed by atoms with Crippen LogP contribution in [0.1, 0.15) is 45.5 Å². The average Bonchev–Trinajstić information content (AvgIpc) is 3.05. The maximum atomic E-state index is 12.4. The third kappa shape index (κ3) is 4.62. The van der Waals surface area contributed by atoms with Gasteiger partial charge in [-0.2, -0.15) is 0 Å². The molecule has 1 heterocycles. The van der Waals surface area contributed by atoms with Gasteiger partial charge in [-0.15, -0.1) is 11.3 Å². The van der Waals surface area contributed by atoms with Crippen molar-refractivity contribution in [2.45, 2.75) is 19.8 Å². The molecule has 128 valence electrons. The van der Waals surface area contributed by atoms with Gasteiger partial charge in [0.25, 0.3) is 11.8 Å². The minimum atomic E-state index is -0.210. The zero-order chi connectivity index (χ0) is 17.5. The Balaban J connectivity index is 2.07. The number of methoxy groups -OCH3 is 1. The summed E-state index contributed by atoms with van der Waals surface area (Å²) in [6, 6.07) is 6.83. The Hall–Kier alpha value is -2.25. The first kappa shape index (κ1) is 18.1. The zero-order valence-electron chi connectivity index (χ0n) is 14.0. The molecule has 7 heteroatoms. The molecule has 2 N–H and O–H groups in total. The number of amides is 2. The van der Waals surface area contributed by atoms with Crippen LogP contribution < -0.4 is 10.6 Å². The lowest BCUT2D eigenvalue weighted by atomic mass is 10.1. The van der Waals surface area contributed by atoms with Crippen LogP contribution in [0.25, 0.3) is 0 Å². The third-order valence-corrected chi connectivity index (χ3v) is 4.16. The Bertz CT molecular complexity index is 713. The number of carbonyl (C=O) groups is 2. The molecule has 0 fully saturated rings. The predicted molar refractivity (Wildman–Crippen MR) is 94.8 cm³/mol. The van der Waals surface area contributed by atoms with Crippen LogP contribution in [0.2, 0.25) is 0 Å². The van der Waals surface area contributed by atoms with Gasteiger partial charge >= 0.3 is 0 Å². The second-order valence-electron chi connectivity index (χ2n) is 5.51. The lowest BCUT2D eigenvalue weighted by molar-refractivity contribution is 0.0936. The van der Waals surface area contributed by atoms with E-state index >= 15 is 0 Å². The fraction of sp³-hybridized carbons (Fsp3) is 0.353. The van der Waals surface area contributed by atoms with Crippen molar-refractivity contribution in [3.8, 4) is 0 Å². The molecule has 0 bridgehead atoms. The first-order valence-corrected chi connectivity index (χ1v) is 8.52. The molecule has 0 saturated carbocycles. The molecule has 1 aromatic heterocycles. The minimum Gasteiger partial charge on any atom is -0.383 e. The van der Waals surface area contributed by atoms with Crippen molar-refractivity contribution in [2.24, 2.45) is 0 Å². The van der Waals surface area contributed by atoms with Crippen LogP contribution in [0.15, 0.2) is 29.8 Å². The van der Waals surface area contributed by atoms with E-state index in [1.165, 1.54) is 11.3 Å². The molecule has 0 unspecified atom stereocenters. The SMILES string of the molecule is COCCNC(=O)c1cccc(NC(=O)c2scnc2C(C)C)c1. The van der Waals surface area contributed by atoms with Gasteiger partial charge in [0.2, 0.25) is 0 Å². The van der Waals surface area contributed by atoms with Gasteiger partial charge in [-0.05, 0) is 24.1 Å². The predicted octanol–water partition coefficient (Wildman–Crippen LogP) is 2.90. The lowest BCUT2D eigenvalue weighted by Crippen LogP contribution is -2.27. The molecule has 2 amide bonds. The number of ether oxygens (including phenoxy) is 1. The molecule has 2 aromatic rings. The van der Waals surface area contributed by atoms with Crippen molar-refractivity contribution in [1.82, 2.24) is 10.3 Å². The summed E-state index contributed by atoms with van der Waals surface area (Å²) in [7, 11) is 1.58. The Labute approximate surface area is 145 Å². The van der Waals surface area contributed by atoms with Crippen molar-refractivity contribution >= 4 is 28.8 Å². The van der Waals surface area contributed by atoms with Gasteiger partial charge in [-0.25, -0.2) is 4.98 Å². The van der Waals surface area contributed by atoms with E-state index in [-0.39, 0.29) is 17.7 Å². The monoisotopic (exact) mass is 347 g/mol. The smallest absolute Gasteiger partial charge is 0.267 e. The molecular weight excluding hydrogens is 326 g/mol. The van der Waals surface area contributed by atoms with E-state index in [0.29, 0.717) is 29.3 Å². The van der Waals surface area contributed by atoms with Gasteiger partial charge in [-0.3, -0.25) is 9.59 Å². The lowest BCUT2D eigenvalue weighted by Gasteiger charge is -2.09. The minimum absolute atomic E-state index is 0.176. The molecule has 0 aliphatic rings. The van der Waals surface area contributed by atoms with Gasteiger partial charge in [-0.1, -0.05) is 19.9 Å². The number of rotatable bonds is 7. The van der Waals surface area contributed by atoms with Crippen molar-refractivity contribution in [3.63, 3.8) is 0 Å². The van der Waals surface area contributed by atoms with Gasteiger partial charge < -0.3 is 15.4 Å². The molecule has 0 atom stereocenters. The van der Waals surface area contributed by atoms with Crippen molar-refractivity contribution in [3.05, 3.63) is 45.9 Å².